The summed E-state index contributed by atoms with van der Waals surface area (Å²) in [7, 11) is 1.79. The van der Waals surface area contributed by atoms with E-state index in [1.54, 1.807) is 35.0 Å². The van der Waals surface area contributed by atoms with Crippen molar-refractivity contribution in [2.75, 3.05) is 0 Å². The minimum atomic E-state index is -0.324. The molecule has 0 saturated heterocycles. The van der Waals surface area contributed by atoms with Crippen LogP contribution in [0.4, 0.5) is 0 Å². The molecule has 0 aliphatic carbocycles. The van der Waals surface area contributed by atoms with E-state index < -0.39 is 0 Å². The number of rotatable bonds is 3. The van der Waals surface area contributed by atoms with Crippen LogP contribution >= 0.6 is 0 Å². The number of aromatic amines is 1. The number of hydrogen-bond donors (Lipinski definition) is 1. The van der Waals surface area contributed by atoms with Crippen LogP contribution in [-0.4, -0.2) is 44.1 Å². The summed E-state index contributed by atoms with van der Waals surface area (Å²) in [6, 6.07) is 3.80. The number of aromatic nitrogens is 9. The number of pyridine rings is 1. The number of nitrogens with one attached hydrogen (secondary N) is 1. The zero-order valence-electron chi connectivity index (χ0n) is 14.6. The van der Waals surface area contributed by atoms with Crippen LogP contribution in [-0.2, 0) is 7.05 Å². The predicted octanol–water partition coefficient (Wildman–Crippen LogP) is 1.17. The molecule has 5 heterocycles. The van der Waals surface area contributed by atoms with Crippen molar-refractivity contribution in [1.82, 2.24) is 44.1 Å². The highest BCUT2D eigenvalue weighted by Crippen LogP contribution is 2.21. The lowest BCUT2D eigenvalue weighted by Gasteiger charge is -2.13. The van der Waals surface area contributed by atoms with Crippen LogP contribution in [0.2, 0.25) is 0 Å². The van der Waals surface area contributed by atoms with Gasteiger partial charge in [0, 0.05) is 37.4 Å². The fourth-order valence-corrected chi connectivity index (χ4v) is 3.12. The fourth-order valence-electron chi connectivity index (χ4n) is 3.12. The number of aryl methyl sites for hydroxylation is 1. The summed E-state index contributed by atoms with van der Waals surface area (Å²) in [5, 5.41) is 12.4. The Bertz CT molecular complexity index is 1340. The van der Waals surface area contributed by atoms with Gasteiger partial charge < -0.3 is 9.38 Å². The van der Waals surface area contributed by atoms with Gasteiger partial charge in [-0.25, -0.2) is 14.6 Å². The number of nitrogens with zero attached hydrogens (tertiary/aromatic N) is 8. The molecule has 0 aliphatic heterocycles. The molecule has 0 radical (unpaired) electrons. The van der Waals surface area contributed by atoms with Crippen molar-refractivity contribution in [3.8, 4) is 11.3 Å². The third-order valence-electron chi connectivity index (χ3n) is 4.57. The quantitative estimate of drug-likeness (QED) is 0.516. The fraction of sp³-hybridized carbons (Fsp3) is 0.176. The molecule has 0 fully saturated rings. The molecule has 0 spiro atoms. The maximum atomic E-state index is 12.4. The highest BCUT2D eigenvalue weighted by molar-refractivity contribution is 5.69. The third kappa shape index (κ3) is 2.41. The van der Waals surface area contributed by atoms with Gasteiger partial charge in [0.25, 0.3) is 5.56 Å². The monoisotopic (exact) mass is 361 g/mol. The normalized spacial score (nSPS) is 12.8. The zero-order chi connectivity index (χ0) is 18.5. The minimum absolute atomic E-state index is 0.137. The topological polar surface area (TPSA) is 112 Å². The summed E-state index contributed by atoms with van der Waals surface area (Å²) in [5.74, 6) is 0. The molecule has 1 atom stereocenters. The highest BCUT2D eigenvalue weighted by atomic mass is 16.1. The molecule has 0 saturated carbocycles. The average molecular weight is 361 g/mol. The molecule has 5 rings (SSSR count). The van der Waals surface area contributed by atoms with Crippen molar-refractivity contribution in [2.45, 2.75) is 13.0 Å². The SMILES string of the molecule is C[C@@H](c1ccc2nccn2c1)n1nnc2[nH]c(=O)c(-c3cnn(C)c3)nc21. The van der Waals surface area contributed by atoms with Crippen molar-refractivity contribution < 1.29 is 0 Å². The Morgan fingerprint density at radius 1 is 1.22 bits per heavy atom. The Balaban J connectivity index is 1.65. The molecule has 5 aromatic heterocycles. The molecule has 1 N–H and O–H groups in total. The molecular weight excluding hydrogens is 346 g/mol. The summed E-state index contributed by atoms with van der Waals surface area (Å²) in [6.45, 7) is 2.00. The standard InChI is InChI=1S/C17H15N9O/c1-10(11-3-4-13-18-5-6-25(13)9-11)26-16-15(22-23-26)21-17(27)14(20-16)12-7-19-24(2)8-12/h3-10H,1-2H3,(H,21,27)/t10-/m0/s1. The van der Waals surface area contributed by atoms with Gasteiger partial charge in [0.05, 0.1) is 12.2 Å². The van der Waals surface area contributed by atoms with Crippen LogP contribution in [0.15, 0.2) is 47.9 Å². The Morgan fingerprint density at radius 2 is 2.11 bits per heavy atom. The Labute approximate surface area is 152 Å². The van der Waals surface area contributed by atoms with Gasteiger partial charge in [0.2, 0.25) is 5.65 Å². The second-order valence-electron chi connectivity index (χ2n) is 6.35. The van der Waals surface area contributed by atoms with Gasteiger partial charge in [-0.05, 0) is 18.6 Å². The first-order valence-electron chi connectivity index (χ1n) is 8.37. The van der Waals surface area contributed by atoms with E-state index in [9.17, 15) is 4.79 Å². The van der Waals surface area contributed by atoms with Gasteiger partial charge in [-0.1, -0.05) is 11.3 Å². The van der Waals surface area contributed by atoms with Crippen molar-refractivity contribution >= 4 is 16.9 Å². The van der Waals surface area contributed by atoms with Crippen LogP contribution in [0, 0.1) is 0 Å². The van der Waals surface area contributed by atoms with E-state index in [1.165, 1.54) is 0 Å². The largest absolute Gasteiger partial charge is 0.307 e. The number of hydrogen-bond acceptors (Lipinski definition) is 6. The molecule has 27 heavy (non-hydrogen) atoms. The van der Waals surface area contributed by atoms with Gasteiger partial charge in [-0.2, -0.15) is 5.10 Å². The van der Waals surface area contributed by atoms with Crippen molar-refractivity contribution in [3.63, 3.8) is 0 Å². The lowest BCUT2D eigenvalue weighted by Crippen LogP contribution is -2.14. The molecule has 10 nitrogen and oxygen atoms in total. The lowest BCUT2D eigenvalue weighted by molar-refractivity contribution is 0.554. The van der Waals surface area contributed by atoms with Crippen LogP contribution < -0.4 is 5.56 Å². The highest BCUT2D eigenvalue weighted by Gasteiger charge is 2.18. The van der Waals surface area contributed by atoms with E-state index in [1.807, 2.05) is 35.9 Å². The van der Waals surface area contributed by atoms with Gasteiger partial charge in [0.15, 0.2) is 5.65 Å². The molecule has 0 aliphatic rings. The maximum Gasteiger partial charge on any atom is 0.276 e. The first-order valence-corrected chi connectivity index (χ1v) is 8.37. The predicted molar refractivity (Wildman–Crippen MR) is 97.2 cm³/mol. The maximum absolute atomic E-state index is 12.4. The van der Waals surface area contributed by atoms with Gasteiger partial charge in [-0.3, -0.25) is 9.48 Å². The average Bonchev–Trinajstić information content (AvgIpc) is 3.38. The van der Waals surface area contributed by atoms with Gasteiger partial charge in [0.1, 0.15) is 11.3 Å². The molecule has 5 aromatic rings. The summed E-state index contributed by atoms with van der Waals surface area (Å²) in [6.07, 6.45) is 8.98. The van der Waals surface area contributed by atoms with E-state index in [-0.39, 0.29) is 17.3 Å². The first kappa shape index (κ1) is 15.4. The molecule has 0 unspecified atom stereocenters. The van der Waals surface area contributed by atoms with E-state index in [0.29, 0.717) is 16.9 Å². The van der Waals surface area contributed by atoms with Crippen molar-refractivity contribution in [1.29, 1.82) is 0 Å². The summed E-state index contributed by atoms with van der Waals surface area (Å²) >= 11 is 0. The Kier molecular flexibility index (Phi) is 3.20. The lowest BCUT2D eigenvalue weighted by atomic mass is 10.1. The summed E-state index contributed by atoms with van der Waals surface area (Å²) in [5.41, 5.74) is 3.35. The smallest absolute Gasteiger partial charge is 0.276 e. The van der Waals surface area contributed by atoms with Crippen LogP contribution in [0.25, 0.3) is 28.2 Å². The van der Waals surface area contributed by atoms with E-state index in [0.717, 1.165) is 11.2 Å². The molecule has 0 bridgehead atoms. The Hall–Kier alpha value is -3.82. The van der Waals surface area contributed by atoms with Crippen molar-refractivity contribution in [2.24, 2.45) is 7.05 Å². The second kappa shape index (κ2) is 5.59. The van der Waals surface area contributed by atoms with Crippen LogP contribution in [0.5, 0.6) is 0 Å². The summed E-state index contributed by atoms with van der Waals surface area (Å²) < 4.78 is 5.27. The van der Waals surface area contributed by atoms with E-state index >= 15 is 0 Å². The number of fused-ring (bicyclic) bond motifs is 2. The number of imidazole rings is 1. The molecule has 10 heteroatoms. The number of H-pyrrole nitrogens is 1. The minimum Gasteiger partial charge on any atom is -0.307 e. The zero-order valence-corrected chi connectivity index (χ0v) is 14.6. The van der Waals surface area contributed by atoms with Crippen LogP contribution in [0.3, 0.4) is 0 Å². The molecular formula is C17H15N9O. The third-order valence-corrected chi connectivity index (χ3v) is 4.57. The van der Waals surface area contributed by atoms with Gasteiger partial charge >= 0.3 is 0 Å². The van der Waals surface area contributed by atoms with E-state index in [4.69, 9.17) is 0 Å². The second-order valence-corrected chi connectivity index (χ2v) is 6.35. The van der Waals surface area contributed by atoms with Crippen LogP contribution in [0.1, 0.15) is 18.5 Å². The summed E-state index contributed by atoms with van der Waals surface area (Å²) in [4.78, 5) is 23.9. The van der Waals surface area contributed by atoms with Gasteiger partial charge in [-0.15, -0.1) is 5.10 Å². The molecule has 0 aromatic carbocycles. The first-order chi connectivity index (χ1) is 13.1. The van der Waals surface area contributed by atoms with E-state index in [2.05, 4.69) is 30.4 Å². The molecule has 0 amide bonds. The van der Waals surface area contributed by atoms with Crippen molar-refractivity contribution in [3.05, 3.63) is 59.0 Å². The molecule has 134 valence electrons. The Morgan fingerprint density at radius 3 is 2.93 bits per heavy atom.